The van der Waals surface area contributed by atoms with E-state index in [0.29, 0.717) is 13.2 Å². The fourth-order valence-electron chi connectivity index (χ4n) is 3.15. The molecule has 1 N–H and O–H groups in total. The maximum absolute atomic E-state index is 10.3. The SMILES string of the molecule is CC(C)(C)OC[C@H](O)CN1C(C)(C)CCCC1(C)C. The second-order valence-electron chi connectivity index (χ2n) is 8.17. The first-order chi connectivity index (χ1) is 8.44. The molecule has 0 unspecified atom stereocenters. The summed E-state index contributed by atoms with van der Waals surface area (Å²) in [7, 11) is 0. The normalized spacial score (nSPS) is 25.3. The van der Waals surface area contributed by atoms with Gasteiger partial charge in [-0.3, -0.25) is 4.90 Å². The highest BCUT2D eigenvalue weighted by atomic mass is 16.5. The minimum atomic E-state index is -0.420. The van der Waals surface area contributed by atoms with Gasteiger partial charge in [-0.2, -0.15) is 0 Å². The highest BCUT2D eigenvalue weighted by molar-refractivity contribution is 4.97. The summed E-state index contributed by atoms with van der Waals surface area (Å²) in [6.45, 7) is 16.3. The number of nitrogens with zero attached hydrogens (tertiary/aromatic N) is 1. The third kappa shape index (κ3) is 5.05. The lowest BCUT2D eigenvalue weighted by Crippen LogP contribution is -2.60. The zero-order valence-electron chi connectivity index (χ0n) is 13.9. The molecule has 0 aromatic carbocycles. The maximum Gasteiger partial charge on any atom is 0.0900 e. The molecule has 3 heteroatoms. The molecule has 0 bridgehead atoms. The maximum atomic E-state index is 10.3. The van der Waals surface area contributed by atoms with E-state index in [-0.39, 0.29) is 16.7 Å². The second kappa shape index (κ2) is 5.71. The highest BCUT2D eigenvalue weighted by Crippen LogP contribution is 2.38. The standard InChI is InChI=1S/C16H33NO2/c1-14(2,3)19-12-13(18)11-17-15(4,5)9-8-10-16(17,6)7/h13,18H,8-12H2,1-7H3/t13-/m1/s1. The van der Waals surface area contributed by atoms with Gasteiger partial charge in [0.25, 0.3) is 0 Å². The van der Waals surface area contributed by atoms with Gasteiger partial charge in [0, 0.05) is 17.6 Å². The van der Waals surface area contributed by atoms with Gasteiger partial charge in [-0.25, -0.2) is 0 Å². The summed E-state index contributed by atoms with van der Waals surface area (Å²) in [5.41, 5.74) is 0.128. The summed E-state index contributed by atoms with van der Waals surface area (Å²) in [6, 6.07) is 0. The van der Waals surface area contributed by atoms with Crippen LogP contribution < -0.4 is 0 Å². The average Bonchev–Trinajstić information content (AvgIpc) is 2.19. The first-order valence-electron chi connectivity index (χ1n) is 7.54. The molecule has 0 spiro atoms. The van der Waals surface area contributed by atoms with Crippen LogP contribution in [0.3, 0.4) is 0 Å². The summed E-state index contributed by atoms with van der Waals surface area (Å²) in [5, 5.41) is 10.3. The zero-order valence-corrected chi connectivity index (χ0v) is 13.9. The molecule has 1 fully saturated rings. The molecule has 0 aromatic heterocycles. The Hall–Kier alpha value is -0.120. The fourth-order valence-corrected chi connectivity index (χ4v) is 3.15. The van der Waals surface area contributed by atoms with Crippen molar-refractivity contribution in [3.63, 3.8) is 0 Å². The minimum absolute atomic E-state index is 0.157. The van der Waals surface area contributed by atoms with Gasteiger partial charge in [-0.05, 0) is 67.7 Å². The monoisotopic (exact) mass is 271 g/mol. The van der Waals surface area contributed by atoms with E-state index in [1.807, 2.05) is 20.8 Å². The molecule has 0 aromatic rings. The zero-order chi connectivity index (χ0) is 14.9. The lowest BCUT2D eigenvalue weighted by Gasteiger charge is -2.53. The summed E-state index contributed by atoms with van der Waals surface area (Å²) in [5.74, 6) is 0. The number of hydrogen-bond acceptors (Lipinski definition) is 3. The van der Waals surface area contributed by atoms with Gasteiger partial charge in [0.15, 0.2) is 0 Å². The third-order valence-electron chi connectivity index (χ3n) is 4.14. The Kier molecular flexibility index (Phi) is 5.09. The van der Waals surface area contributed by atoms with Crippen LogP contribution >= 0.6 is 0 Å². The van der Waals surface area contributed by atoms with Gasteiger partial charge in [0.1, 0.15) is 0 Å². The Balaban J connectivity index is 2.61. The summed E-state index contributed by atoms with van der Waals surface area (Å²) < 4.78 is 5.69. The Morgan fingerprint density at radius 1 is 1.11 bits per heavy atom. The topological polar surface area (TPSA) is 32.7 Å². The van der Waals surface area contributed by atoms with Crippen molar-refractivity contribution in [2.45, 2.75) is 90.5 Å². The predicted molar refractivity (Wildman–Crippen MR) is 80.4 cm³/mol. The van der Waals surface area contributed by atoms with Gasteiger partial charge >= 0.3 is 0 Å². The molecule has 1 saturated heterocycles. The van der Waals surface area contributed by atoms with Crippen LogP contribution in [0, 0.1) is 0 Å². The van der Waals surface area contributed by atoms with E-state index < -0.39 is 6.10 Å². The van der Waals surface area contributed by atoms with E-state index in [0.717, 1.165) is 0 Å². The van der Waals surface area contributed by atoms with Gasteiger partial charge in [0.05, 0.1) is 18.3 Å². The number of aliphatic hydroxyl groups excluding tert-OH is 1. The number of β-amino-alcohol motifs (C(OH)–C–C–N with tert-alkyl or cyclic N) is 1. The molecule has 19 heavy (non-hydrogen) atoms. The molecule has 1 heterocycles. The number of ether oxygens (including phenoxy) is 1. The Labute approximate surface area is 119 Å². The van der Waals surface area contributed by atoms with E-state index in [1.54, 1.807) is 0 Å². The van der Waals surface area contributed by atoms with Gasteiger partial charge in [0.2, 0.25) is 0 Å². The fraction of sp³-hybridized carbons (Fsp3) is 1.00. The summed E-state index contributed by atoms with van der Waals surface area (Å²) >= 11 is 0. The molecule has 0 aliphatic carbocycles. The Morgan fingerprint density at radius 2 is 1.58 bits per heavy atom. The first kappa shape index (κ1) is 16.9. The van der Waals surface area contributed by atoms with E-state index in [9.17, 15) is 5.11 Å². The molecule has 0 amide bonds. The Morgan fingerprint density at radius 3 is 2.00 bits per heavy atom. The van der Waals surface area contributed by atoms with Crippen LogP contribution in [0.4, 0.5) is 0 Å². The van der Waals surface area contributed by atoms with Gasteiger partial charge < -0.3 is 9.84 Å². The van der Waals surface area contributed by atoms with Crippen LogP contribution in [-0.4, -0.2) is 45.9 Å². The van der Waals surface area contributed by atoms with Crippen molar-refractivity contribution in [3.05, 3.63) is 0 Å². The lowest BCUT2D eigenvalue weighted by molar-refractivity contribution is -0.0918. The number of likely N-dealkylation sites (tertiary alicyclic amines) is 1. The molecular weight excluding hydrogens is 238 g/mol. The largest absolute Gasteiger partial charge is 0.389 e. The third-order valence-corrected chi connectivity index (χ3v) is 4.14. The van der Waals surface area contributed by atoms with Crippen molar-refractivity contribution in [3.8, 4) is 0 Å². The molecule has 0 saturated carbocycles. The van der Waals surface area contributed by atoms with Crippen LogP contribution in [0.1, 0.15) is 67.7 Å². The van der Waals surface area contributed by atoms with Crippen LogP contribution in [0.2, 0.25) is 0 Å². The number of rotatable bonds is 4. The summed E-state index contributed by atoms with van der Waals surface area (Å²) in [6.07, 6.45) is 3.24. The van der Waals surface area contributed by atoms with Crippen LogP contribution in [0.5, 0.6) is 0 Å². The quantitative estimate of drug-likeness (QED) is 0.852. The van der Waals surface area contributed by atoms with E-state index in [1.165, 1.54) is 19.3 Å². The van der Waals surface area contributed by atoms with E-state index >= 15 is 0 Å². The molecule has 0 radical (unpaired) electrons. The van der Waals surface area contributed by atoms with Crippen molar-refractivity contribution in [1.82, 2.24) is 4.90 Å². The molecule has 3 nitrogen and oxygen atoms in total. The van der Waals surface area contributed by atoms with Crippen LogP contribution in [0.15, 0.2) is 0 Å². The number of piperidine rings is 1. The van der Waals surface area contributed by atoms with Gasteiger partial charge in [-0.1, -0.05) is 0 Å². The van der Waals surface area contributed by atoms with Crippen molar-refractivity contribution in [2.24, 2.45) is 0 Å². The second-order valence-corrected chi connectivity index (χ2v) is 8.17. The molecule has 1 rings (SSSR count). The van der Waals surface area contributed by atoms with Crippen molar-refractivity contribution >= 4 is 0 Å². The van der Waals surface area contributed by atoms with Crippen LogP contribution in [0.25, 0.3) is 0 Å². The number of aliphatic hydroxyl groups is 1. The number of hydrogen-bond donors (Lipinski definition) is 1. The lowest BCUT2D eigenvalue weighted by atomic mass is 9.79. The molecule has 1 aliphatic heterocycles. The van der Waals surface area contributed by atoms with E-state index in [2.05, 4.69) is 32.6 Å². The summed E-state index contributed by atoms with van der Waals surface area (Å²) in [4.78, 5) is 2.46. The molecular formula is C16H33NO2. The molecule has 114 valence electrons. The average molecular weight is 271 g/mol. The molecule has 1 aliphatic rings. The predicted octanol–water partition coefficient (Wildman–Crippen LogP) is 3.21. The Bertz CT molecular complexity index is 276. The molecule has 1 atom stereocenters. The van der Waals surface area contributed by atoms with Crippen molar-refractivity contribution in [1.29, 1.82) is 0 Å². The van der Waals surface area contributed by atoms with Gasteiger partial charge in [-0.15, -0.1) is 0 Å². The smallest absolute Gasteiger partial charge is 0.0900 e. The van der Waals surface area contributed by atoms with Crippen molar-refractivity contribution < 1.29 is 9.84 Å². The van der Waals surface area contributed by atoms with Crippen LogP contribution in [-0.2, 0) is 4.74 Å². The van der Waals surface area contributed by atoms with E-state index in [4.69, 9.17) is 4.74 Å². The first-order valence-corrected chi connectivity index (χ1v) is 7.54. The van der Waals surface area contributed by atoms with Crippen molar-refractivity contribution in [2.75, 3.05) is 13.2 Å². The highest BCUT2D eigenvalue weighted by Gasteiger charge is 2.41. The minimum Gasteiger partial charge on any atom is -0.389 e.